The maximum atomic E-state index is 11.5. The molecule has 0 saturated carbocycles. The lowest BCUT2D eigenvalue weighted by molar-refractivity contribution is 0.271. The molecule has 6 nitrogen and oxygen atoms in total. The number of primary sulfonamides is 1. The fraction of sp³-hybridized carbons (Fsp3) is 0.182. The highest BCUT2D eigenvalue weighted by Crippen LogP contribution is 2.31. The molecule has 1 aromatic carbocycles. The molecule has 0 aliphatic carbocycles. The van der Waals surface area contributed by atoms with Crippen LogP contribution in [0.4, 0.5) is 0 Å². The second-order valence-electron chi connectivity index (χ2n) is 3.84. The first-order valence-corrected chi connectivity index (χ1v) is 7.71. The lowest BCUT2D eigenvalue weighted by Crippen LogP contribution is -2.13. The molecule has 0 aliphatic heterocycles. The van der Waals surface area contributed by atoms with Crippen LogP contribution in [-0.4, -0.2) is 23.1 Å². The lowest BCUT2D eigenvalue weighted by Gasteiger charge is -2.07. The maximum Gasteiger partial charge on any atom is 0.239 e. The third-order valence-electron chi connectivity index (χ3n) is 2.56. The van der Waals surface area contributed by atoms with Crippen molar-refractivity contribution in [3.63, 3.8) is 0 Å². The van der Waals surface area contributed by atoms with Crippen LogP contribution in [-0.2, 0) is 23.7 Å². The monoisotopic (exact) mass is 299 g/mol. The zero-order valence-corrected chi connectivity index (χ0v) is 11.8. The summed E-state index contributed by atoms with van der Waals surface area (Å²) in [6.45, 7) is -0.124. The molecule has 0 spiro atoms. The molecule has 0 amide bonds. The van der Waals surface area contributed by atoms with Crippen LogP contribution < -0.4 is 5.14 Å². The number of nitrogens with zero attached hydrogens (tertiary/aromatic N) is 2. The Hall–Kier alpha value is -1.35. The van der Waals surface area contributed by atoms with E-state index in [-0.39, 0.29) is 11.5 Å². The topological polar surface area (TPSA) is 98.2 Å². The minimum Gasteiger partial charge on any atom is -0.390 e. The van der Waals surface area contributed by atoms with Crippen molar-refractivity contribution in [3.8, 4) is 0 Å². The van der Waals surface area contributed by atoms with E-state index in [2.05, 4.69) is 4.98 Å². The standard InChI is InChI=1S/C11H13N3O3S2/c1-14-8(7-15)6-13-11(14)18-9-4-2-3-5-10(9)19(12,16)17/h2-6,15H,7H2,1H3,(H2,12,16,17). The Balaban J connectivity index is 2.42. The van der Waals surface area contributed by atoms with E-state index >= 15 is 0 Å². The van der Waals surface area contributed by atoms with E-state index < -0.39 is 10.0 Å². The number of aliphatic hydroxyl groups excluding tert-OH is 1. The highest BCUT2D eigenvalue weighted by Gasteiger charge is 2.16. The van der Waals surface area contributed by atoms with Gasteiger partial charge in [-0.15, -0.1) is 0 Å². The van der Waals surface area contributed by atoms with Crippen LogP contribution in [0, 0.1) is 0 Å². The Labute approximate surface area is 115 Å². The summed E-state index contributed by atoms with van der Waals surface area (Å²) in [4.78, 5) is 4.70. The zero-order valence-electron chi connectivity index (χ0n) is 10.1. The van der Waals surface area contributed by atoms with Crippen LogP contribution in [0.3, 0.4) is 0 Å². The molecule has 0 unspecified atom stereocenters. The quantitative estimate of drug-likeness (QED) is 0.866. The van der Waals surface area contributed by atoms with Crippen molar-refractivity contribution in [2.75, 3.05) is 0 Å². The normalized spacial score (nSPS) is 11.7. The first-order chi connectivity index (χ1) is 8.93. The van der Waals surface area contributed by atoms with Gasteiger partial charge in [-0.2, -0.15) is 0 Å². The van der Waals surface area contributed by atoms with Crippen molar-refractivity contribution in [1.82, 2.24) is 9.55 Å². The maximum absolute atomic E-state index is 11.5. The molecule has 1 aromatic heterocycles. The number of sulfonamides is 1. The number of imidazole rings is 1. The first kappa shape index (κ1) is 14.1. The van der Waals surface area contributed by atoms with E-state index in [1.54, 1.807) is 36.0 Å². The fourth-order valence-electron chi connectivity index (χ4n) is 1.54. The molecule has 2 aromatic rings. The number of hydrogen-bond acceptors (Lipinski definition) is 5. The molecule has 8 heteroatoms. The smallest absolute Gasteiger partial charge is 0.239 e. The average molecular weight is 299 g/mol. The van der Waals surface area contributed by atoms with Gasteiger partial charge in [-0.1, -0.05) is 23.9 Å². The van der Waals surface area contributed by atoms with Gasteiger partial charge in [0.1, 0.15) is 0 Å². The van der Waals surface area contributed by atoms with Gasteiger partial charge in [0.05, 0.1) is 23.4 Å². The lowest BCUT2D eigenvalue weighted by atomic mass is 10.4. The molecule has 0 saturated heterocycles. The average Bonchev–Trinajstić information content (AvgIpc) is 2.70. The molecule has 0 aliphatic rings. The number of benzene rings is 1. The first-order valence-electron chi connectivity index (χ1n) is 5.34. The Morgan fingerprint density at radius 3 is 2.68 bits per heavy atom. The number of rotatable bonds is 4. The van der Waals surface area contributed by atoms with Crippen molar-refractivity contribution >= 4 is 21.8 Å². The molecule has 102 valence electrons. The summed E-state index contributed by atoms with van der Waals surface area (Å²) in [5, 5.41) is 14.9. The fourth-order valence-corrected chi connectivity index (χ4v) is 3.50. The van der Waals surface area contributed by atoms with Crippen LogP contribution in [0.2, 0.25) is 0 Å². The van der Waals surface area contributed by atoms with E-state index in [0.29, 0.717) is 15.7 Å². The minimum atomic E-state index is -3.77. The Kier molecular flexibility index (Phi) is 3.95. The molecule has 1 heterocycles. The van der Waals surface area contributed by atoms with Gasteiger partial charge in [-0.05, 0) is 12.1 Å². The summed E-state index contributed by atoms with van der Waals surface area (Å²) >= 11 is 1.19. The van der Waals surface area contributed by atoms with Crippen LogP contribution in [0.5, 0.6) is 0 Å². The van der Waals surface area contributed by atoms with Crippen LogP contribution in [0.1, 0.15) is 5.69 Å². The second kappa shape index (κ2) is 5.33. The molecular weight excluding hydrogens is 286 g/mol. The van der Waals surface area contributed by atoms with Gasteiger partial charge in [0, 0.05) is 11.9 Å². The van der Waals surface area contributed by atoms with Crippen molar-refractivity contribution < 1.29 is 13.5 Å². The number of nitrogens with two attached hydrogens (primary N) is 1. The summed E-state index contributed by atoms with van der Waals surface area (Å²) in [6, 6.07) is 6.46. The van der Waals surface area contributed by atoms with Crippen LogP contribution in [0.25, 0.3) is 0 Å². The van der Waals surface area contributed by atoms with Crippen molar-refractivity contribution in [3.05, 3.63) is 36.2 Å². The van der Waals surface area contributed by atoms with Gasteiger partial charge in [0.15, 0.2) is 5.16 Å². The van der Waals surface area contributed by atoms with Gasteiger partial charge in [0.25, 0.3) is 0 Å². The van der Waals surface area contributed by atoms with Crippen molar-refractivity contribution in [2.24, 2.45) is 12.2 Å². The van der Waals surface area contributed by atoms with Gasteiger partial charge in [-0.3, -0.25) is 0 Å². The van der Waals surface area contributed by atoms with E-state index in [1.807, 2.05) is 0 Å². The number of aliphatic hydroxyl groups is 1. The molecule has 19 heavy (non-hydrogen) atoms. The summed E-state index contributed by atoms with van der Waals surface area (Å²) in [5.41, 5.74) is 0.649. The van der Waals surface area contributed by atoms with Gasteiger partial charge in [-0.25, -0.2) is 18.5 Å². The SMILES string of the molecule is Cn1c(CO)cnc1Sc1ccccc1S(N)(=O)=O. The van der Waals surface area contributed by atoms with Crippen molar-refractivity contribution in [2.45, 2.75) is 21.6 Å². The predicted octanol–water partition coefficient (Wildman–Crippen LogP) is 0.711. The third kappa shape index (κ3) is 2.98. The summed E-state index contributed by atoms with van der Waals surface area (Å²) in [6.07, 6.45) is 1.54. The third-order valence-corrected chi connectivity index (χ3v) is 4.80. The minimum absolute atomic E-state index is 0.0635. The highest BCUT2D eigenvalue weighted by atomic mass is 32.2. The van der Waals surface area contributed by atoms with Crippen LogP contribution >= 0.6 is 11.8 Å². The summed E-state index contributed by atoms with van der Waals surface area (Å²) in [5.74, 6) is 0. The highest BCUT2D eigenvalue weighted by molar-refractivity contribution is 8.00. The Morgan fingerprint density at radius 1 is 1.42 bits per heavy atom. The van der Waals surface area contributed by atoms with E-state index in [1.165, 1.54) is 17.8 Å². The van der Waals surface area contributed by atoms with Crippen LogP contribution in [0.15, 0.2) is 45.4 Å². The van der Waals surface area contributed by atoms with Gasteiger partial charge >= 0.3 is 0 Å². The summed E-state index contributed by atoms with van der Waals surface area (Å²) in [7, 11) is -2.02. The largest absolute Gasteiger partial charge is 0.390 e. The molecule has 0 fully saturated rings. The van der Waals surface area contributed by atoms with Gasteiger partial charge < -0.3 is 9.67 Å². The van der Waals surface area contributed by atoms with Gasteiger partial charge in [0.2, 0.25) is 10.0 Å². The molecule has 0 atom stereocenters. The number of aromatic nitrogens is 2. The number of hydrogen-bond donors (Lipinski definition) is 2. The van der Waals surface area contributed by atoms with E-state index in [4.69, 9.17) is 10.2 Å². The molecule has 0 bridgehead atoms. The molecular formula is C11H13N3O3S2. The Morgan fingerprint density at radius 2 is 2.11 bits per heavy atom. The Bertz CT molecular complexity index is 695. The van der Waals surface area contributed by atoms with Crippen molar-refractivity contribution in [1.29, 1.82) is 0 Å². The molecule has 0 radical (unpaired) electrons. The van der Waals surface area contributed by atoms with E-state index in [9.17, 15) is 8.42 Å². The zero-order chi connectivity index (χ0) is 14.0. The summed E-state index contributed by atoms with van der Waals surface area (Å²) < 4.78 is 24.7. The molecule has 3 N–H and O–H groups in total. The molecule has 2 rings (SSSR count). The predicted molar refractivity (Wildman–Crippen MR) is 71.1 cm³/mol. The van der Waals surface area contributed by atoms with E-state index in [0.717, 1.165) is 0 Å². The second-order valence-corrected chi connectivity index (χ2v) is 6.38.